The van der Waals surface area contributed by atoms with Crippen molar-refractivity contribution in [2.45, 2.75) is 81.7 Å². The minimum Gasteiger partial charge on any atom is -0.455 e. The Morgan fingerprint density at radius 2 is 1.82 bits per heavy atom. The molecule has 1 amide bonds. The molecule has 1 aliphatic carbocycles. The van der Waals surface area contributed by atoms with Gasteiger partial charge in [-0.3, -0.25) is 19.8 Å². The van der Waals surface area contributed by atoms with Crippen molar-refractivity contribution in [2.24, 2.45) is 11.3 Å². The quantitative estimate of drug-likeness (QED) is 0.0768. The van der Waals surface area contributed by atoms with Crippen molar-refractivity contribution in [1.82, 2.24) is 19.6 Å². The minimum atomic E-state index is -4.53. The van der Waals surface area contributed by atoms with Crippen LogP contribution in [0.1, 0.15) is 85.8 Å². The number of hydrogen-bond acceptors (Lipinski definition) is 11. The number of nitrogens with one attached hydrogen (secondary N) is 3. The number of sulfonamides is 1. The van der Waals surface area contributed by atoms with Crippen LogP contribution in [0.2, 0.25) is 0 Å². The number of amides is 1. The molecule has 3 aromatic carbocycles. The standard InChI is InChI=1S/C46H53N7O7S/c1-2-32-6-3-4-7-38(32)41-8-5-19-52(41)35-27-46(28-35)16-20-51(21-17-46)34-9-11-39(43(25-34)60-36-24-33-13-18-47-44(33)49-30-36)45(54)50-61(57,58)37-10-12-40(42(26-37)53(55)56)48-29-31-14-22-59-23-15-31/h3-4,6-7,9-13,18,24-26,30-31,35,41,48H,2,5,8,14-17,19-23,27-29H2,1H3,(H,47,49)(H,50,54)/t41-/m0/s1. The molecule has 3 N–H and O–H groups in total. The number of carbonyl (C=O) groups excluding carboxylic acids is 1. The molecule has 5 heterocycles. The minimum absolute atomic E-state index is 0.00846. The van der Waals surface area contributed by atoms with Crippen molar-refractivity contribution >= 4 is 44.0 Å². The Morgan fingerprint density at radius 1 is 1.02 bits per heavy atom. The van der Waals surface area contributed by atoms with E-state index >= 15 is 0 Å². The molecule has 2 aromatic heterocycles. The molecule has 0 radical (unpaired) electrons. The average molecular weight is 848 g/mol. The molecular weight excluding hydrogens is 795 g/mol. The molecule has 3 saturated heterocycles. The molecule has 320 valence electrons. The van der Waals surface area contributed by atoms with Gasteiger partial charge in [-0.15, -0.1) is 0 Å². The summed E-state index contributed by atoms with van der Waals surface area (Å²) in [7, 11) is -4.53. The van der Waals surface area contributed by atoms with E-state index in [9.17, 15) is 23.3 Å². The largest absolute Gasteiger partial charge is 0.455 e. The van der Waals surface area contributed by atoms with Crippen LogP contribution in [0, 0.1) is 21.4 Å². The number of pyridine rings is 1. The Bertz CT molecular complexity index is 2520. The lowest BCUT2D eigenvalue weighted by Gasteiger charge is -2.56. The second-order valence-corrected chi connectivity index (χ2v) is 18.9. The third-order valence-electron chi connectivity index (χ3n) is 13.5. The summed E-state index contributed by atoms with van der Waals surface area (Å²) in [5.74, 6) is -0.108. The fraction of sp³-hybridized carbons (Fsp3) is 0.435. The molecule has 4 aliphatic rings. The zero-order valence-electron chi connectivity index (χ0n) is 34.5. The number of aromatic amines is 1. The van der Waals surface area contributed by atoms with E-state index in [-0.39, 0.29) is 22.9 Å². The van der Waals surface area contributed by atoms with Gasteiger partial charge in [0.25, 0.3) is 21.6 Å². The number of nitro groups is 1. The Labute approximate surface area is 356 Å². The van der Waals surface area contributed by atoms with E-state index in [0.29, 0.717) is 48.7 Å². The normalized spacial score (nSPS) is 19.8. The summed E-state index contributed by atoms with van der Waals surface area (Å²) >= 11 is 0. The number of aromatic nitrogens is 2. The number of aryl methyl sites for hydroxylation is 1. The third kappa shape index (κ3) is 8.55. The van der Waals surface area contributed by atoms with Crippen molar-refractivity contribution in [2.75, 3.05) is 49.6 Å². The Balaban J connectivity index is 0.905. The molecule has 14 nitrogen and oxygen atoms in total. The number of carbonyl (C=O) groups is 1. The first-order valence-corrected chi connectivity index (χ1v) is 23.1. The molecule has 4 fully saturated rings. The maximum Gasteiger partial charge on any atom is 0.293 e. The van der Waals surface area contributed by atoms with Gasteiger partial charge in [-0.05, 0) is 123 Å². The number of likely N-dealkylation sites (tertiary alicyclic amines) is 1. The van der Waals surface area contributed by atoms with Crippen molar-refractivity contribution in [3.63, 3.8) is 0 Å². The van der Waals surface area contributed by atoms with Crippen molar-refractivity contribution in [3.05, 3.63) is 112 Å². The van der Waals surface area contributed by atoms with Crippen molar-refractivity contribution in [3.8, 4) is 11.5 Å². The van der Waals surface area contributed by atoms with Crippen LogP contribution in [0.15, 0.2) is 90.1 Å². The Hall–Kier alpha value is -5.51. The van der Waals surface area contributed by atoms with Gasteiger partial charge in [0.2, 0.25) is 0 Å². The fourth-order valence-electron chi connectivity index (χ4n) is 10.1. The maximum atomic E-state index is 13.9. The van der Waals surface area contributed by atoms with Gasteiger partial charge in [0.15, 0.2) is 0 Å². The molecular formula is C46H53N7O7S. The molecule has 0 unspecified atom stereocenters. The summed E-state index contributed by atoms with van der Waals surface area (Å²) in [6.45, 7) is 6.87. The number of benzene rings is 3. The lowest BCUT2D eigenvalue weighted by Crippen LogP contribution is -2.54. The van der Waals surface area contributed by atoms with Gasteiger partial charge in [-0.2, -0.15) is 0 Å². The summed E-state index contributed by atoms with van der Waals surface area (Å²) in [5, 5.41) is 16.0. The zero-order chi connectivity index (χ0) is 42.1. The second kappa shape index (κ2) is 17.1. The van der Waals surface area contributed by atoms with E-state index in [1.54, 1.807) is 30.6 Å². The van der Waals surface area contributed by atoms with Crippen LogP contribution in [-0.4, -0.2) is 79.6 Å². The van der Waals surface area contributed by atoms with Crippen LogP contribution < -0.4 is 19.7 Å². The number of piperidine rings is 1. The monoisotopic (exact) mass is 847 g/mol. The van der Waals surface area contributed by atoms with E-state index in [4.69, 9.17) is 9.47 Å². The van der Waals surface area contributed by atoms with E-state index < -0.39 is 31.4 Å². The van der Waals surface area contributed by atoms with E-state index in [2.05, 4.69) is 61.0 Å². The van der Waals surface area contributed by atoms with Gasteiger partial charge in [0, 0.05) is 74.3 Å². The first kappa shape index (κ1) is 40.9. The van der Waals surface area contributed by atoms with Crippen LogP contribution in [0.4, 0.5) is 17.1 Å². The van der Waals surface area contributed by atoms with Crippen LogP contribution in [0.25, 0.3) is 11.0 Å². The topological polar surface area (TPSA) is 172 Å². The summed E-state index contributed by atoms with van der Waals surface area (Å²) < 4.78 is 41.2. The van der Waals surface area contributed by atoms with Crippen LogP contribution in [0.3, 0.4) is 0 Å². The second-order valence-electron chi connectivity index (χ2n) is 17.2. The molecule has 15 heteroatoms. The SMILES string of the molecule is CCc1ccccc1[C@@H]1CCCN1C1CC2(CCN(c3ccc(C(=O)NS(=O)(=O)c4ccc(NCC5CCOCC5)c([N+](=O)[O-])c4)c(Oc4cnc5[nH]ccc5c4)c3)CC2)C1. The van der Waals surface area contributed by atoms with Gasteiger partial charge >= 0.3 is 0 Å². The molecule has 5 aromatic rings. The van der Waals surface area contributed by atoms with E-state index in [0.717, 1.165) is 68.9 Å². The number of anilines is 2. The molecule has 1 saturated carbocycles. The maximum absolute atomic E-state index is 13.9. The number of rotatable bonds is 13. The predicted octanol–water partition coefficient (Wildman–Crippen LogP) is 8.37. The lowest BCUT2D eigenvalue weighted by atomic mass is 9.59. The summed E-state index contributed by atoms with van der Waals surface area (Å²) in [6, 6.07) is 22.5. The van der Waals surface area contributed by atoms with Crippen molar-refractivity contribution in [1.29, 1.82) is 0 Å². The molecule has 1 spiro atoms. The summed E-state index contributed by atoms with van der Waals surface area (Å²) in [6.07, 6.45) is 13.0. The highest BCUT2D eigenvalue weighted by molar-refractivity contribution is 7.90. The zero-order valence-corrected chi connectivity index (χ0v) is 35.3. The first-order chi connectivity index (χ1) is 29.6. The number of ether oxygens (including phenoxy) is 2. The Kier molecular flexibility index (Phi) is 11.5. The van der Waals surface area contributed by atoms with Gasteiger partial charge in [0.1, 0.15) is 22.8 Å². The molecule has 61 heavy (non-hydrogen) atoms. The number of hydrogen-bond donors (Lipinski definition) is 3. The Morgan fingerprint density at radius 3 is 2.61 bits per heavy atom. The van der Waals surface area contributed by atoms with Crippen LogP contribution in [0.5, 0.6) is 11.5 Å². The first-order valence-electron chi connectivity index (χ1n) is 21.6. The predicted molar refractivity (Wildman–Crippen MR) is 234 cm³/mol. The van der Waals surface area contributed by atoms with Crippen molar-refractivity contribution < 1.29 is 27.6 Å². The van der Waals surface area contributed by atoms with Gasteiger partial charge in [-0.1, -0.05) is 31.2 Å². The van der Waals surface area contributed by atoms with Gasteiger partial charge < -0.3 is 24.7 Å². The molecule has 3 aliphatic heterocycles. The fourth-order valence-corrected chi connectivity index (χ4v) is 11.1. The van der Waals surface area contributed by atoms with Gasteiger partial charge in [0.05, 0.1) is 21.6 Å². The highest BCUT2D eigenvalue weighted by atomic mass is 32.2. The summed E-state index contributed by atoms with van der Waals surface area (Å²) in [5.41, 5.74) is 4.62. The number of nitrogens with zero attached hydrogens (tertiary/aromatic N) is 4. The number of nitro benzene ring substituents is 1. The van der Waals surface area contributed by atoms with E-state index in [1.807, 2.05) is 12.1 Å². The number of fused-ring (bicyclic) bond motifs is 1. The smallest absolute Gasteiger partial charge is 0.293 e. The lowest BCUT2D eigenvalue weighted by molar-refractivity contribution is -0.384. The van der Waals surface area contributed by atoms with Gasteiger partial charge in [-0.25, -0.2) is 18.1 Å². The van der Waals surface area contributed by atoms with E-state index in [1.165, 1.54) is 48.9 Å². The number of H-pyrrole nitrogens is 1. The average Bonchev–Trinajstić information content (AvgIpc) is 3.95. The van der Waals surface area contributed by atoms with Crippen LogP contribution in [-0.2, 0) is 21.2 Å². The molecule has 0 bridgehead atoms. The highest BCUT2D eigenvalue weighted by Gasteiger charge is 2.50. The molecule has 9 rings (SSSR count). The summed E-state index contributed by atoms with van der Waals surface area (Å²) in [4.78, 5) is 37.6. The molecule has 1 atom stereocenters. The third-order valence-corrected chi connectivity index (χ3v) is 14.9. The highest BCUT2D eigenvalue weighted by Crippen LogP contribution is 2.54. The van der Waals surface area contributed by atoms with Crippen LogP contribution >= 0.6 is 0 Å².